The van der Waals surface area contributed by atoms with Crippen LogP contribution in [0.2, 0.25) is 0 Å². The first-order chi connectivity index (χ1) is 18.2. The molecule has 6 rings (SSSR count). The summed E-state index contributed by atoms with van der Waals surface area (Å²) in [6.07, 6.45) is 5.65. The van der Waals surface area contributed by atoms with Crippen LogP contribution in [0.1, 0.15) is 6.42 Å². The molecule has 10 heteroatoms. The highest BCUT2D eigenvalue weighted by Crippen LogP contribution is 2.37. The molecule has 5 aromatic rings. The van der Waals surface area contributed by atoms with Gasteiger partial charge in [-0.25, -0.2) is 19.3 Å². The van der Waals surface area contributed by atoms with Crippen molar-refractivity contribution in [3.05, 3.63) is 61.4 Å². The lowest BCUT2D eigenvalue weighted by Crippen LogP contribution is -2.44. The topological polar surface area (TPSA) is 95.9 Å². The fraction of sp³-hybridized carbons (Fsp3) is 0.296. The normalized spacial score (nSPS) is 17.9. The lowest BCUT2D eigenvalue weighted by atomic mass is 10.0. The highest BCUT2D eigenvalue weighted by molar-refractivity contribution is 5.98. The van der Waals surface area contributed by atoms with Crippen molar-refractivity contribution in [1.29, 1.82) is 0 Å². The van der Waals surface area contributed by atoms with Crippen LogP contribution in [0.3, 0.4) is 0 Å². The molecular formula is C27H26FN5O4. The predicted octanol–water partition coefficient (Wildman–Crippen LogP) is 4.31. The predicted molar refractivity (Wildman–Crippen MR) is 136 cm³/mol. The Morgan fingerprint density at radius 2 is 2.14 bits per heavy atom. The number of alkyl halides is 1. The summed E-state index contributed by atoms with van der Waals surface area (Å²) in [6.45, 7) is 1.93. The number of methoxy groups -OCH3 is 1. The summed E-state index contributed by atoms with van der Waals surface area (Å²) in [4.78, 5) is 13.6. The molecule has 37 heavy (non-hydrogen) atoms. The van der Waals surface area contributed by atoms with Crippen molar-refractivity contribution in [2.75, 3.05) is 33.4 Å². The summed E-state index contributed by atoms with van der Waals surface area (Å²) in [7, 11) is 1.63. The maximum atomic E-state index is 14.6. The smallest absolute Gasteiger partial charge is 0.181 e. The molecule has 0 radical (unpaired) electrons. The number of para-hydroxylation sites is 1. The molecule has 0 saturated carbocycles. The molecule has 190 valence electrons. The number of nitrogens with zero attached hydrogens (tertiary/aromatic N) is 4. The van der Waals surface area contributed by atoms with Gasteiger partial charge in [-0.05, 0) is 31.2 Å². The summed E-state index contributed by atoms with van der Waals surface area (Å²) in [5.41, 5.74) is 3.58. The molecule has 0 unspecified atom stereocenters. The van der Waals surface area contributed by atoms with Gasteiger partial charge in [-0.3, -0.25) is 4.40 Å². The van der Waals surface area contributed by atoms with Crippen molar-refractivity contribution in [2.45, 2.75) is 18.7 Å². The summed E-state index contributed by atoms with van der Waals surface area (Å²) in [5, 5.41) is 3.89. The van der Waals surface area contributed by atoms with Gasteiger partial charge in [0.1, 0.15) is 41.5 Å². The Labute approximate surface area is 212 Å². The first kappa shape index (κ1) is 23.4. The standard InChI is InChI=1S/C27H26FN5O4/c1-34-9-10-35-17-6-8-33-22(14-31-26(33)11-17)21-12-19(25-15-30-16-36-25)18-3-2-4-24(27(18)32-21)37-23-5-7-29-13-20(23)28/h2-4,6,8,11-12,14-16,20,23,29H,5,7,9-10,13H2,1H3/t20-,23-/m1/s1. The second-order valence-corrected chi connectivity index (χ2v) is 8.81. The van der Waals surface area contributed by atoms with Crippen LogP contribution < -0.4 is 14.8 Å². The number of aromatic nitrogens is 4. The van der Waals surface area contributed by atoms with Crippen molar-refractivity contribution in [2.24, 2.45) is 0 Å². The number of oxazole rings is 1. The second-order valence-electron chi connectivity index (χ2n) is 8.81. The second kappa shape index (κ2) is 10.2. The molecule has 5 heterocycles. The molecule has 9 nitrogen and oxygen atoms in total. The quantitative estimate of drug-likeness (QED) is 0.313. The minimum Gasteiger partial charge on any atom is -0.491 e. The highest BCUT2D eigenvalue weighted by Gasteiger charge is 2.27. The van der Waals surface area contributed by atoms with Crippen molar-refractivity contribution in [1.82, 2.24) is 24.7 Å². The average molecular weight is 504 g/mol. The largest absolute Gasteiger partial charge is 0.491 e. The summed E-state index contributed by atoms with van der Waals surface area (Å²) < 4.78 is 39.2. The van der Waals surface area contributed by atoms with E-state index in [0.717, 1.165) is 16.6 Å². The number of imidazole rings is 1. The van der Waals surface area contributed by atoms with Crippen molar-refractivity contribution >= 4 is 16.6 Å². The van der Waals surface area contributed by atoms with Crippen molar-refractivity contribution in [3.63, 3.8) is 0 Å². The molecule has 2 atom stereocenters. The van der Waals surface area contributed by atoms with Gasteiger partial charge in [-0.15, -0.1) is 0 Å². The van der Waals surface area contributed by atoms with Crippen LogP contribution in [0.4, 0.5) is 4.39 Å². The van der Waals surface area contributed by atoms with E-state index >= 15 is 0 Å². The van der Waals surface area contributed by atoms with Crippen LogP contribution in [0.15, 0.2) is 65.8 Å². The Kier molecular flexibility index (Phi) is 6.42. The zero-order valence-electron chi connectivity index (χ0n) is 20.3. The van der Waals surface area contributed by atoms with Crippen LogP contribution in [0.25, 0.3) is 39.3 Å². The van der Waals surface area contributed by atoms with Gasteiger partial charge >= 0.3 is 0 Å². The van der Waals surface area contributed by atoms with E-state index in [1.54, 1.807) is 19.5 Å². The Morgan fingerprint density at radius 3 is 2.97 bits per heavy atom. The van der Waals surface area contributed by atoms with Gasteiger partial charge in [0.15, 0.2) is 12.2 Å². The van der Waals surface area contributed by atoms with Gasteiger partial charge in [-0.1, -0.05) is 12.1 Å². The summed E-state index contributed by atoms with van der Waals surface area (Å²) in [6, 6.07) is 11.3. The molecule has 1 N–H and O–H groups in total. The van der Waals surface area contributed by atoms with Crippen LogP contribution in [-0.4, -0.2) is 65.0 Å². The number of piperidine rings is 1. The third kappa shape index (κ3) is 4.61. The number of rotatable bonds is 8. The Balaban J connectivity index is 1.46. The molecule has 0 spiro atoms. The van der Waals surface area contributed by atoms with Gasteiger partial charge in [0.25, 0.3) is 0 Å². The minimum absolute atomic E-state index is 0.274. The number of fused-ring (bicyclic) bond motifs is 2. The van der Waals surface area contributed by atoms with E-state index in [4.69, 9.17) is 23.6 Å². The van der Waals surface area contributed by atoms with Gasteiger partial charge in [-0.2, -0.15) is 0 Å². The molecule has 0 aliphatic carbocycles. The number of nitrogens with one attached hydrogen (secondary N) is 1. The Hall–Kier alpha value is -4.02. The summed E-state index contributed by atoms with van der Waals surface area (Å²) >= 11 is 0. The van der Waals surface area contributed by atoms with Crippen molar-refractivity contribution in [3.8, 4) is 34.2 Å². The maximum absolute atomic E-state index is 14.6. The minimum atomic E-state index is -1.10. The maximum Gasteiger partial charge on any atom is 0.181 e. The van der Waals surface area contributed by atoms with Crippen LogP contribution in [-0.2, 0) is 4.74 Å². The van der Waals surface area contributed by atoms with Crippen LogP contribution in [0, 0.1) is 0 Å². The van der Waals surface area contributed by atoms with Gasteiger partial charge in [0, 0.05) is 36.9 Å². The van der Waals surface area contributed by atoms with E-state index in [1.807, 2.05) is 47.0 Å². The number of benzene rings is 1. The monoisotopic (exact) mass is 503 g/mol. The van der Waals surface area contributed by atoms with Crippen LogP contribution in [0.5, 0.6) is 11.5 Å². The Bertz CT molecular complexity index is 1520. The molecule has 1 aromatic carbocycles. The summed E-state index contributed by atoms with van der Waals surface area (Å²) in [5.74, 6) is 1.82. The van der Waals surface area contributed by atoms with Crippen LogP contribution >= 0.6 is 0 Å². The molecule has 1 aliphatic heterocycles. The zero-order valence-corrected chi connectivity index (χ0v) is 20.3. The molecule has 0 amide bonds. The van der Waals surface area contributed by atoms with E-state index in [-0.39, 0.29) is 6.54 Å². The first-order valence-corrected chi connectivity index (χ1v) is 12.1. The van der Waals surface area contributed by atoms with E-state index in [1.165, 1.54) is 6.39 Å². The fourth-order valence-electron chi connectivity index (χ4n) is 4.58. The van der Waals surface area contributed by atoms with E-state index in [9.17, 15) is 4.39 Å². The van der Waals surface area contributed by atoms with E-state index in [2.05, 4.69) is 15.3 Å². The number of halogens is 1. The zero-order chi connectivity index (χ0) is 25.2. The fourth-order valence-corrected chi connectivity index (χ4v) is 4.58. The number of hydrogen-bond donors (Lipinski definition) is 1. The van der Waals surface area contributed by atoms with Gasteiger partial charge < -0.3 is 23.9 Å². The molecule has 1 saturated heterocycles. The van der Waals surface area contributed by atoms with E-state index < -0.39 is 12.3 Å². The molecule has 4 aromatic heterocycles. The van der Waals surface area contributed by atoms with Crippen molar-refractivity contribution < 1.29 is 23.0 Å². The third-order valence-corrected chi connectivity index (χ3v) is 6.43. The van der Waals surface area contributed by atoms with Gasteiger partial charge in [0.05, 0.1) is 30.4 Å². The number of hydrogen-bond acceptors (Lipinski definition) is 8. The SMILES string of the molecule is COCCOc1ccn2c(-c3cc(-c4cnco4)c4cccc(O[C@@H]5CCNC[C@H]5F)c4n3)cnc2c1. The lowest BCUT2D eigenvalue weighted by molar-refractivity contribution is 0.0743. The number of pyridine rings is 2. The first-order valence-electron chi connectivity index (χ1n) is 12.1. The highest BCUT2D eigenvalue weighted by atomic mass is 19.1. The molecule has 1 fully saturated rings. The lowest BCUT2D eigenvalue weighted by Gasteiger charge is -2.27. The third-order valence-electron chi connectivity index (χ3n) is 6.43. The average Bonchev–Trinajstić information content (AvgIpc) is 3.60. The molecule has 0 bridgehead atoms. The number of ether oxygens (including phenoxy) is 3. The Morgan fingerprint density at radius 1 is 1.19 bits per heavy atom. The molecular weight excluding hydrogens is 477 g/mol. The molecule has 1 aliphatic rings. The van der Waals surface area contributed by atoms with Gasteiger partial charge in [0.2, 0.25) is 0 Å². The van der Waals surface area contributed by atoms with E-state index in [0.29, 0.717) is 60.3 Å².